The lowest BCUT2D eigenvalue weighted by molar-refractivity contribution is -0.121. The third-order valence-electron chi connectivity index (χ3n) is 4.56. The number of benzene rings is 2. The third-order valence-corrected chi connectivity index (χ3v) is 5.49. The fourth-order valence-corrected chi connectivity index (χ4v) is 3.89. The minimum Gasteiger partial charge on any atom is -0.494 e. The number of aromatic nitrogens is 1. The van der Waals surface area contributed by atoms with E-state index in [0.29, 0.717) is 24.5 Å². The molecule has 0 bridgehead atoms. The van der Waals surface area contributed by atoms with Gasteiger partial charge in [-0.2, -0.15) is 0 Å². The Bertz CT molecular complexity index is 999. The molecule has 0 radical (unpaired) electrons. The highest BCUT2D eigenvalue weighted by atomic mass is 32.1. The molecular formula is C23H27N3O3S. The highest BCUT2D eigenvalue weighted by Crippen LogP contribution is 2.27. The van der Waals surface area contributed by atoms with E-state index in [1.54, 1.807) is 0 Å². The average molecular weight is 426 g/mol. The van der Waals surface area contributed by atoms with Crippen molar-refractivity contribution in [3.8, 4) is 5.75 Å². The van der Waals surface area contributed by atoms with Gasteiger partial charge in [0.05, 0.1) is 16.8 Å². The van der Waals surface area contributed by atoms with Gasteiger partial charge in [-0.05, 0) is 48.2 Å². The maximum atomic E-state index is 12.2. The van der Waals surface area contributed by atoms with Crippen LogP contribution in [0.4, 0.5) is 5.13 Å². The zero-order valence-corrected chi connectivity index (χ0v) is 18.2. The summed E-state index contributed by atoms with van der Waals surface area (Å²) in [4.78, 5) is 27.8. The Morgan fingerprint density at radius 3 is 2.60 bits per heavy atom. The van der Waals surface area contributed by atoms with Crippen LogP contribution in [0.1, 0.15) is 44.2 Å². The van der Waals surface area contributed by atoms with Crippen molar-refractivity contribution in [1.29, 1.82) is 0 Å². The second-order valence-electron chi connectivity index (χ2n) is 7.12. The Balaban J connectivity index is 1.45. The van der Waals surface area contributed by atoms with Crippen molar-refractivity contribution in [3.63, 3.8) is 0 Å². The lowest BCUT2D eigenvalue weighted by Crippen LogP contribution is -2.22. The maximum absolute atomic E-state index is 12.2. The summed E-state index contributed by atoms with van der Waals surface area (Å²) < 4.78 is 6.65. The lowest BCUT2D eigenvalue weighted by atomic mass is 10.1. The summed E-state index contributed by atoms with van der Waals surface area (Å²) in [6.45, 7) is 4.83. The fourth-order valence-electron chi connectivity index (χ4n) is 2.91. The van der Waals surface area contributed by atoms with Crippen LogP contribution >= 0.6 is 11.3 Å². The zero-order chi connectivity index (χ0) is 21.3. The van der Waals surface area contributed by atoms with Crippen LogP contribution in [0.15, 0.2) is 42.5 Å². The van der Waals surface area contributed by atoms with Crippen LogP contribution in [0.2, 0.25) is 0 Å². The zero-order valence-electron chi connectivity index (χ0n) is 17.4. The number of amides is 2. The SMILES string of the molecule is CCCCOc1ccc(CNC(=O)CCc2ccc3nc(NC(C)=O)sc3c2)cc1. The summed E-state index contributed by atoms with van der Waals surface area (Å²) in [5.74, 6) is 0.741. The molecule has 1 heterocycles. The number of nitrogens with zero attached hydrogens (tertiary/aromatic N) is 1. The minimum absolute atomic E-state index is 0.0154. The van der Waals surface area contributed by atoms with Gasteiger partial charge in [-0.25, -0.2) is 4.98 Å². The topological polar surface area (TPSA) is 80.3 Å². The van der Waals surface area contributed by atoms with Crippen molar-refractivity contribution >= 4 is 38.5 Å². The van der Waals surface area contributed by atoms with E-state index in [4.69, 9.17) is 4.74 Å². The molecule has 2 aromatic carbocycles. The molecule has 0 spiro atoms. The number of thiazole rings is 1. The molecule has 0 aliphatic rings. The number of carbonyl (C=O) groups is 2. The molecule has 3 aromatic rings. The van der Waals surface area contributed by atoms with E-state index in [0.717, 1.165) is 46.5 Å². The van der Waals surface area contributed by atoms with Gasteiger partial charge in [-0.15, -0.1) is 0 Å². The second kappa shape index (κ2) is 10.7. The molecule has 30 heavy (non-hydrogen) atoms. The molecule has 1 aromatic heterocycles. The Morgan fingerprint density at radius 1 is 1.10 bits per heavy atom. The van der Waals surface area contributed by atoms with Crippen LogP contribution in [0, 0.1) is 0 Å². The van der Waals surface area contributed by atoms with Crippen molar-refractivity contribution in [1.82, 2.24) is 10.3 Å². The number of unbranched alkanes of at least 4 members (excludes halogenated alkanes) is 1. The molecule has 7 heteroatoms. The van der Waals surface area contributed by atoms with Crippen LogP contribution < -0.4 is 15.4 Å². The molecule has 0 atom stereocenters. The van der Waals surface area contributed by atoms with Crippen molar-refractivity contribution in [2.24, 2.45) is 0 Å². The van der Waals surface area contributed by atoms with Crippen LogP contribution in [0.25, 0.3) is 10.2 Å². The summed E-state index contributed by atoms with van der Waals surface area (Å²) in [7, 11) is 0. The summed E-state index contributed by atoms with van der Waals surface area (Å²) in [5, 5.41) is 6.27. The Hall–Kier alpha value is -2.93. The first-order valence-electron chi connectivity index (χ1n) is 10.2. The van der Waals surface area contributed by atoms with Crippen LogP contribution in [0.5, 0.6) is 5.75 Å². The molecule has 0 saturated heterocycles. The monoisotopic (exact) mass is 425 g/mol. The molecule has 0 saturated carbocycles. The van der Waals surface area contributed by atoms with Gasteiger partial charge in [0.1, 0.15) is 5.75 Å². The quantitative estimate of drug-likeness (QED) is 0.462. The Morgan fingerprint density at radius 2 is 1.87 bits per heavy atom. The average Bonchev–Trinajstić information content (AvgIpc) is 3.12. The molecule has 0 aliphatic heterocycles. The summed E-state index contributed by atoms with van der Waals surface area (Å²) in [6, 6.07) is 13.8. The number of fused-ring (bicyclic) bond motifs is 1. The number of hydrogen-bond acceptors (Lipinski definition) is 5. The number of hydrogen-bond donors (Lipinski definition) is 2. The normalized spacial score (nSPS) is 10.7. The van der Waals surface area contributed by atoms with Gasteiger partial charge in [0, 0.05) is 19.9 Å². The molecule has 2 N–H and O–H groups in total. The minimum atomic E-state index is -0.135. The third kappa shape index (κ3) is 6.56. The molecule has 0 unspecified atom stereocenters. The van der Waals surface area contributed by atoms with Gasteiger partial charge < -0.3 is 15.4 Å². The number of rotatable bonds is 10. The molecule has 3 rings (SSSR count). The largest absolute Gasteiger partial charge is 0.494 e. The molecule has 0 fully saturated rings. The standard InChI is InChI=1S/C23H27N3O3S/c1-3-4-13-29-19-9-5-18(6-10-19)15-24-22(28)12-8-17-7-11-20-21(14-17)30-23(26-20)25-16(2)27/h5-7,9-11,14H,3-4,8,12-13,15H2,1-2H3,(H,24,28)(H,25,26,27). The van der Waals surface area contributed by atoms with Crippen LogP contribution in [-0.4, -0.2) is 23.4 Å². The smallest absolute Gasteiger partial charge is 0.223 e. The van der Waals surface area contributed by atoms with E-state index in [2.05, 4.69) is 22.5 Å². The summed E-state index contributed by atoms with van der Waals surface area (Å²) >= 11 is 1.43. The van der Waals surface area contributed by atoms with Crippen molar-refractivity contribution in [2.45, 2.75) is 46.1 Å². The molecular weight excluding hydrogens is 398 g/mol. The first kappa shape index (κ1) is 21.8. The van der Waals surface area contributed by atoms with Gasteiger partial charge in [-0.1, -0.05) is 42.9 Å². The summed E-state index contributed by atoms with van der Waals surface area (Å²) in [6.07, 6.45) is 3.23. The first-order valence-corrected chi connectivity index (χ1v) is 11.0. The predicted octanol–water partition coefficient (Wildman–Crippen LogP) is 4.68. The number of aryl methyl sites for hydroxylation is 1. The van der Waals surface area contributed by atoms with Crippen LogP contribution in [0.3, 0.4) is 0 Å². The highest BCUT2D eigenvalue weighted by Gasteiger charge is 2.08. The van der Waals surface area contributed by atoms with Gasteiger partial charge in [0.15, 0.2) is 5.13 Å². The summed E-state index contributed by atoms with van der Waals surface area (Å²) in [5.41, 5.74) is 2.96. The van der Waals surface area contributed by atoms with E-state index < -0.39 is 0 Å². The van der Waals surface area contributed by atoms with Crippen molar-refractivity contribution in [3.05, 3.63) is 53.6 Å². The number of nitrogens with one attached hydrogen (secondary N) is 2. The lowest BCUT2D eigenvalue weighted by Gasteiger charge is -2.08. The number of ether oxygens (including phenoxy) is 1. The number of carbonyl (C=O) groups excluding carboxylic acids is 2. The molecule has 158 valence electrons. The Kier molecular flexibility index (Phi) is 7.79. The molecule has 2 amide bonds. The molecule has 6 nitrogen and oxygen atoms in total. The fraction of sp³-hybridized carbons (Fsp3) is 0.348. The van der Waals surface area contributed by atoms with E-state index in [9.17, 15) is 9.59 Å². The maximum Gasteiger partial charge on any atom is 0.223 e. The van der Waals surface area contributed by atoms with E-state index >= 15 is 0 Å². The first-order chi connectivity index (χ1) is 14.5. The van der Waals surface area contributed by atoms with Gasteiger partial charge in [0.25, 0.3) is 0 Å². The highest BCUT2D eigenvalue weighted by molar-refractivity contribution is 7.22. The second-order valence-corrected chi connectivity index (χ2v) is 8.16. The van der Waals surface area contributed by atoms with Gasteiger partial charge in [-0.3, -0.25) is 9.59 Å². The van der Waals surface area contributed by atoms with Gasteiger partial charge >= 0.3 is 0 Å². The van der Waals surface area contributed by atoms with E-state index in [1.807, 2.05) is 42.5 Å². The van der Waals surface area contributed by atoms with Gasteiger partial charge in [0.2, 0.25) is 11.8 Å². The number of anilines is 1. The van der Waals surface area contributed by atoms with E-state index in [1.165, 1.54) is 18.3 Å². The Labute approximate surface area is 180 Å². The molecule has 0 aliphatic carbocycles. The van der Waals surface area contributed by atoms with E-state index in [-0.39, 0.29) is 11.8 Å². The van der Waals surface area contributed by atoms with Crippen molar-refractivity contribution in [2.75, 3.05) is 11.9 Å². The predicted molar refractivity (Wildman–Crippen MR) is 121 cm³/mol. The van der Waals surface area contributed by atoms with Crippen molar-refractivity contribution < 1.29 is 14.3 Å². The van der Waals surface area contributed by atoms with Crippen LogP contribution in [-0.2, 0) is 22.6 Å².